The first-order valence-corrected chi connectivity index (χ1v) is 8.40. The Morgan fingerprint density at radius 3 is 2.62 bits per heavy atom. The van der Waals surface area contributed by atoms with E-state index >= 15 is 0 Å². The molecule has 2 aromatic rings. The molecule has 0 radical (unpaired) electrons. The van der Waals surface area contributed by atoms with Crippen molar-refractivity contribution in [2.24, 2.45) is 5.92 Å². The number of rotatable bonds is 5. The Bertz CT molecular complexity index is 951. The summed E-state index contributed by atoms with van der Waals surface area (Å²) >= 11 is 0. The van der Waals surface area contributed by atoms with E-state index in [-0.39, 0.29) is 18.9 Å². The van der Waals surface area contributed by atoms with Crippen LogP contribution in [0, 0.1) is 28.6 Å². The molecule has 3 rings (SSSR count). The zero-order valence-electron chi connectivity index (χ0n) is 14.4. The molecular formula is C20H18N4O2. The molecule has 6 heteroatoms. The van der Waals surface area contributed by atoms with Gasteiger partial charge in [0.2, 0.25) is 0 Å². The first-order chi connectivity index (χ1) is 12.5. The molecule has 2 atom stereocenters. The van der Waals surface area contributed by atoms with Crippen molar-refractivity contribution in [2.75, 3.05) is 6.54 Å². The molecule has 6 nitrogen and oxygen atoms in total. The second-order valence-electron chi connectivity index (χ2n) is 6.52. The van der Waals surface area contributed by atoms with Crippen molar-refractivity contribution in [3.05, 3.63) is 48.0 Å². The van der Waals surface area contributed by atoms with Crippen LogP contribution < -0.4 is 5.32 Å². The maximum atomic E-state index is 13.1. The van der Waals surface area contributed by atoms with E-state index in [1.54, 1.807) is 6.92 Å². The van der Waals surface area contributed by atoms with Crippen LogP contribution in [0.15, 0.2) is 42.5 Å². The lowest BCUT2D eigenvalue weighted by Gasteiger charge is -2.24. The van der Waals surface area contributed by atoms with Gasteiger partial charge in [0.15, 0.2) is 0 Å². The van der Waals surface area contributed by atoms with Crippen LogP contribution >= 0.6 is 0 Å². The summed E-state index contributed by atoms with van der Waals surface area (Å²) in [7, 11) is 0. The predicted molar refractivity (Wildman–Crippen MR) is 95.5 cm³/mol. The minimum atomic E-state index is -1.19. The van der Waals surface area contributed by atoms with Crippen LogP contribution in [0.4, 0.5) is 4.79 Å². The van der Waals surface area contributed by atoms with Gasteiger partial charge in [0.1, 0.15) is 5.54 Å². The van der Waals surface area contributed by atoms with Crippen LogP contribution in [0.5, 0.6) is 0 Å². The summed E-state index contributed by atoms with van der Waals surface area (Å²) < 4.78 is 0. The van der Waals surface area contributed by atoms with Crippen LogP contribution in [0.3, 0.4) is 0 Å². The van der Waals surface area contributed by atoms with E-state index in [2.05, 4.69) is 11.4 Å². The van der Waals surface area contributed by atoms with Crippen molar-refractivity contribution in [2.45, 2.75) is 25.3 Å². The van der Waals surface area contributed by atoms with E-state index in [0.717, 1.165) is 21.2 Å². The molecule has 1 fully saturated rings. The van der Waals surface area contributed by atoms with Gasteiger partial charge in [-0.1, -0.05) is 42.5 Å². The zero-order valence-corrected chi connectivity index (χ0v) is 14.4. The number of nitrogens with one attached hydrogen (secondary N) is 1. The van der Waals surface area contributed by atoms with Crippen LogP contribution in [-0.4, -0.2) is 23.4 Å². The standard InChI is InChI=1S/C20H18N4O2/c1-20(17-10-4-8-15-7-2-3-9-16(15)17)18(25)24(19(26)23-20)13-14(12-22)6-5-11-21/h2-4,7-10,14H,5-6,13H2,1H3,(H,23,26)/t14-,20-/m1/s1. The highest BCUT2D eigenvalue weighted by Gasteiger charge is 2.49. The lowest BCUT2D eigenvalue weighted by Crippen LogP contribution is -2.41. The van der Waals surface area contributed by atoms with E-state index in [1.807, 2.05) is 48.5 Å². The number of imide groups is 1. The van der Waals surface area contributed by atoms with Crippen molar-refractivity contribution in [1.82, 2.24) is 10.2 Å². The summed E-state index contributed by atoms with van der Waals surface area (Å²) in [5.41, 5.74) is -0.463. The van der Waals surface area contributed by atoms with Crippen molar-refractivity contribution in [3.63, 3.8) is 0 Å². The molecule has 0 spiro atoms. The minimum Gasteiger partial charge on any atom is -0.319 e. The van der Waals surface area contributed by atoms with E-state index in [9.17, 15) is 14.9 Å². The molecule has 1 aliphatic rings. The second kappa shape index (κ2) is 6.85. The number of hydrogen-bond donors (Lipinski definition) is 1. The molecule has 2 aromatic carbocycles. The van der Waals surface area contributed by atoms with E-state index in [4.69, 9.17) is 5.26 Å². The van der Waals surface area contributed by atoms with E-state index in [1.165, 1.54) is 0 Å². The van der Waals surface area contributed by atoms with Crippen LogP contribution in [0.1, 0.15) is 25.3 Å². The normalized spacial score (nSPS) is 20.5. The van der Waals surface area contributed by atoms with Crippen molar-refractivity contribution >= 4 is 22.7 Å². The topological polar surface area (TPSA) is 97.0 Å². The van der Waals surface area contributed by atoms with Gasteiger partial charge < -0.3 is 5.32 Å². The maximum absolute atomic E-state index is 13.1. The average molecular weight is 346 g/mol. The molecule has 130 valence electrons. The molecule has 1 heterocycles. The zero-order chi connectivity index (χ0) is 18.7. The molecule has 0 aliphatic carbocycles. The Kier molecular flexibility index (Phi) is 4.60. The molecule has 0 saturated carbocycles. The third-order valence-corrected chi connectivity index (χ3v) is 4.79. The lowest BCUT2D eigenvalue weighted by molar-refractivity contribution is -0.131. The Balaban J connectivity index is 1.94. The molecule has 1 saturated heterocycles. The first-order valence-electron chi connectivity index (χ1n) is 8.40. The van der Waals surface area contributed by atoms with Gasteiger partial charge in [0.25, 0.3) is 5.91 Å². The number of benzene rings is 2. The first kappa shape index (κ1) is 17.4. The Hall–Kier alpha value is -3.38. The van der Waals surface area contributed by atoms with Gasteiger partial charge in [0, 0.05) is 13.0 Å². The summed E-state index contributed by atoms with van der Waals surface area (Å²) in [4.78, 5) is 26.6. The Morgan fingerprint density at radius 1 is 1.15 bits per heavy atom. The van der Waals surface area contributed by atoms with Crippen molar-refractivity contribution < 1.29 is 9.59 Å². The summed E-state index contributed by atoms with van der Waals surface area (Å²) in [5, 5.41) is 22.6. The van der Waals surface area contributed by atoms with Gasteiger partial charge in [-0.05, 0) is 29.7 Å². The van der Waals surface area contributed by atoms with Gasteiger partial charge in [-0.15, -0.1) is 0 Å². The molecule has 0 aromatic heterocycles. The average Bonchev–Trinajstić information content (AvgIpc) is 2.88. The number of fused-ring (bicyclic) bond motifs is 1. The minimum absolute atomic E-state index is 0.0107. The van der Waals surface area contributed by atoms with E-state index < -0.39 is 17.5 Å². The Morgan fingerprint density at radius 2 is 1.88 bits per heavy atom. The smallest absolute Gasteiger partial charge is 0.319 e. The van der Waals surface area contributed by atoms with Gasteiger partial charge >= 0.3 is 6.03 Å². The highest BCUT2D eigenvalue weighted by molar-refractivity contribution is 6.09. The molecule has 1 N–H and O–H groups in total. The molecule has 0 unspecified atom stereocenters. The molecule has 0 bridgehead atoms. The lowest BCUT2D eigenvalue weighted by atomic mass is 9.87. The third-order valence-electron chi connectivity index (χ3n) is 4.79. The van der Waals surface area contributed by atoms with Gasteiger partial charge in [-0.25, -0.2) is 4.79 Å². The second-order valence-corrected chi connectivity index (χ2v) is 6.52. The number of hydrogen-bond acceptors (Lipinski definition) is 4. The summed E-state index contributed by atoms with van der Waals surface area (Å²) in [6.45, 7) is 1.68. The number of nitrogens with zero attached hydrogens (tertiary/aromatic N) is 3. The van der Waals surface area contributed by atoms with Crippen LogP contribution in [-0.2, 0) is 10.3 Å². The van der Waals surface area contributed by atoms with Crippen molar-refractivity contribution in [3.8, 4) is 12.1 Å². The molecule has 26 heavy (non-hydrogen) atoms. The van der Waals surface area contributed by atoms with Crippen molar-refractivity contribution in [1.29, 1.82) is 10.5 Å². The fraction of sp³-hybridized carbons (Fsp3) is 0.300. The summed E-state index contributed by atoms with van der Waals surface area (Å²) in [6.07, 6.45) is 0.539. The fourth-order valence-corrected chi connectivity index (χ4v) is 3.36. The quantitative estimate of drug-likeness (QED) is 0.841. The number of urea groups is 1. The van der Waals surface area contributed by atoms with E-state index in [0.29, 0.717) is 6.42 Å². The largest absolute Gasteiger partial charge is 0.325 e. The predicted octanol–water partition coefficient (Wildman–Crippen LogP) is 3.05. The van der Waals surface area contributed by atoms with Gasteiger partial charge in [0.05, 0.1) is 18.1 Å². The Labute approximate surface area is 151 Å². The van der Waals surface area contributed by atoms with Crippen LogP contribution in [0.2, 0.25) is 0 Å². The molecular weight excluding hydrogens is 328 g/mol. The molecule has 1 aliphatic heterocycles. The fourth-order valence-electron chi connectivity index (χ4n) is 3.36. The number of carbonyl (C=O) groups is 2. The monoisotopic (exact) mass is 346 g/mol. The van der Waals surface area contributed by atoms with Gasteiger partial charge in [-0.2, -0.15) is 10.5 Å². The highest BCUT2D eigenvalue weighted by Crippen LogP contribution is 2.34. The number of amides is 3. The number of carbonyl (C=O) groups excluding carboxylic acids is 2. The SMILES string of the molecule is C[C@]1(c2cccc3ccccc23)NC(=O)N(C[C@@H](C#N)CCC#N)C1=O. The highest BCUT2D eigenvalue weighted by atomic mass is 16.2. The number of nitriles is 2. The van der Waals surface area contributed by atoms with Gasteiger partial charge in [-0.3, -0.25) is 9.69 Å². The molecule has 3 amide bonds. The third kappa shape index (κ3) is 2.87. The maximum Gasteiger partial charge on any atom is 0.325 e. The summed E-state index contributed by atoms with van der Waals surface area (Å²) in [6, 6.07) is 16.9. The summed E-state index contributed by atoms with van der Waals surface area (Å²) in [5.74, 6) is -0.935. The van der Waals surface area contributed by atoms with Crippen LogP contribution in [0.25, 0.3) is 10.8 Å².